The minimum Gasteiger partial charge on any atom is -0.341 e. The van der Waals surface area contributed by atoms with Crippen LogP contribution in [0.2, 0.25) is 10.0 Å². The number of nitrogens with zero attached hydrogens (tertiary/aromatic N) is 1. The molecular formula is C19H22Cl2N2O3S. The first-order chi connectivity index (χ1) is 12.6. The zero-order valence-corrected chi connectivity index (χ0v) is 17.7. The highest BCUT2D eigenvalue weighted by molar-refractivity contribution is 7.89. The van der Waals surface area contributed by atoms with Gasteiger partial charge in [-0.2, -0.15) is 0 Å². The quantitative estimate of drug-likeness (QED) is 0.725. The lowest BCUT2D eigenvalue weighted by Crippen LogP contribution is -2.32. The number of hydrogen-bond acceptors (Lipinski definition) is 3. The normalized spacial score (nSPS) is 11.4. The molecule has 0 spiro atoms. The number of hydrogen-bond donors (Lipinski definition) is 1. The van der Waals surface area contributed by atoms with Crippen molar-refractivity contribution in [1.29, 1.82) is 0 Å². The van der Waals surface area contributed by atoms with E-state index in [1.807, 2.05) is 13.0 Å². The van der Waals surface area contributed by atoms with Gasteiger partial charge in [-0.3, -0.25) is 4.79 Å². The fourth-order valence-electron chi connectivity index (χ4n) is 2.57. The monoisotopic (exact) mass is 428 g/mol. The van der Waals surface area contributed by atoms with Gasteiger partial charge in [0.1, 0.15) is 0 Å². The van der Waals surface area contributed by atoms with Crippen molar-refractivity contribution in [3.05, 3.63) is 63.1 Å². The maximum absolute atomic E-state index is 12.5. The predicted octanol–water partition coefficient (Wildman–Crippen LogP) is 3.94. The summed E-state index contributed by atoms with van der Waals surface area (Å²) in [6, 6.07) is 10.5. The van der Waals surface area contributed by atoms with Crippen LogP contribution in [0, 0.1) is 13.8 Å². The molecule has 0 aliphatic carbocycles. The van der Waals surface area contributed by atoms with Crippen LogP contribution in [0.1, 0.15) is 23.1 Å². The van der Waals surface area contributed by atoms with E-state index in [-0.39, 0.29) is 23.8 Å². The second-order valence-electron chi connectivity index (χ2n) is 6.38. The van der Waals surface area contributed by atoms with Gasteiger partial charge in [0.25, 0.3) is 0 Å². The lowest BCUT2D eigenvalue weighted by atomic mass is 10.2. The Morgan fingerprint density at radius 3 is 2.56 bits per heavy atom. The third-order valence-corrected chi connectivity index (χ3v) is 6.59. The third-order valence-electron chi connectivity index (χ3n) is 4.13. The van der Waals surface area contributed by atoms with E-state index in [4.69, 9.17) is 23.2 Å². The Hall–Kier alpha value is -1.60. The van der Waals surface area contributed by atoms with Crippen LogP contribution in [-0.4, -0.2) is 32.8 Å². The molecule has 0 heterocycles. The molecule has 0 aromatic heterocycles. The molecule has 0 bridgehead atoms. The van der Waals surface area contributed by atoms with Crippen LogP contribution < -0.4 is 4.72 Å². The summed E-state index contributed by atoms with van der Waals surface area (Å²) in [7, 11) is -2.03. The van der Waals surface area contributed by atoms with E-state index in [2.05, 4.69) is 4.72 Å². The van der Waals surface area contributed by atoms with Gasteiger partial charge in [-0.15, -0.1) is 0 Å². The molecule has 2 rings (SSSR count). The van der Waals surface area contributed by atoms with Gasteiger partial charge in [-0.1, -0.05) is 47.5 Å². The van der Waals surface area contributed by atoms with Crippen LogP contribution in [0.15, 0.2) is 41.3 Å². The summed E-state index contributed by atoms with van der Waals surface area (Å²) in [5.41, 5.74) is 2.25. The number of rotatable bonds is 7. The second-order valence-corrected chi connectivity index (χ2v) is 8.90. The van der Waals surface area contributed by atoms with Crippen LogP contribution in [-0.2, 0) is 21.4 Å². The highest BCUT2D eigenvalue weighted by atomic mass is 35.5. The topological polar surface area (TPSA) is 66.5 Å². The molecule has 2 aromatic carbocycles. The molecule has 0 fully saturated rings. The first-order valence-electron chi connectivity index (χ1n) is 8.35. The van der Waals surface area contributed by atoms with Crippen molar-refractivity contribution < 1.29 is 13.2 Å². The number of carbonyl (C=O) groups is 1. The van der Waals surface area contributed by atoms with Crippen molar-refractivity contribution in [2.75, 3.05) is 13.6 Å². The number of nitrogens with one attached hydrogen (secondary N) is 1. The van der Waals surface area contributed by atoms with Gasteiger partial charge in [-0.25, -0.2) is 13.1 Å². The fourth-order valence-corrected chi connectivity index (χ4v) is 4.31. The van der Waals surface area contributed by atoms with Crippen molar-refractivity contribution in [3.8, 4) is 0 Å². The predicted molar refractivity (Wildman–Crippen MR) is 109 cm³/mol. The molecule has 2 aromatic rings. The number of carbonyl (C=O) groups excluding carboxylic acids is 1. The average molecular weight is 429 g/mol. The zero-order valence-electron chi connectivity index (χ0n) is 15.4. The largest absolute Gasteiger partial charge is 0.341 e. The molecule has 0 saturated carbocycles. The molecule has 1 N–H and O–H groups in total. The molecule has 5 nitrogen and oxygen atoms in total. The molecule has 0 radical (unpaired) electrons. The summed E-state index contributed by atoms with van der Waals surface area (Å²) in [6.07, 6.45) is 0.0405. The van der Waals surface area contributed by atoms with Gasteiger partial charge in [-0.05, 0) is 42.7 Å². The third kappa shape index (κ3) is 5.69. The van der Waals surface area contributed by atoms with Crippen molar-refractivity contribution in [2.45, 2.75) is 31.7 Å². The molecule has 0 unspecified atom stereocenters. The minimum absolute atomic E-state index is 0.0160. The molecular weight excluding hydrogens is 407 g/mol. The zero-order chi connectivity index (χ0) is 20.2. The van der Waals surface area contributed by atoms with Crippen LogP contribution in [0.5, 0.6) is 0 Å². The van der Waals surface area contributed by atoms with Gasteiger partial charge in [0, 0.05) is 26.6 Å². The number of halogens is 2. The SMILES string of the molecule is Cc1ccc(C)c(S(=O)(=O)NCCC(=O)N(C)Cc2cccc(Cl)c2Cl)c1. The van der Waals surface area contributed by atoms with Gasteiger partial charge < -0.3 is 4.90 Å². The summed E-state index contributed by atoms with van der Waals surface area (Å²) in [5.74, 6) is -0.199. The van der Waals surface area contributed by atoms with Gasteiger partial charge in [0.2, 0.25) is 15.9 Å². The molecule has 1 amide bonds. The van der Waals surface area contributed by atoms with Gasteiger partial charge >= 0.3 is 0 Å². The minimum atomic E-state index is -3.67. The Balaban J connectivity index is 1.95. The first kappa shape index (κ1) is 21.7. The maximum Gasteiger partial charge on any atom is 0.240 e. The Morgan fingerprint density at radius 2 is 1.85 bits per heavy atom. The molecule has 0 aliphatic rings. The van der Waals surface area contributed by atoms with Gasteiger partial charge in [0.15, 0.2) is 0 Å². The molecule has 0 atom stereocenters. The van der Waals surface area contributed by atoms with Crippen molar-refractivity contribution in [3.63, 3.8) is 0 Å². The number of aryl methyl sites for hydroxylation is 2. The van der Waals surface area contributed by atoms with E-state index in [0.29, 0.717) is 22.2 Å². The van der Waals surface area contributed by atoms with E-state index in [0.717, 1.165) is 11.1 Å². The van der Waals surface area contributed by atoms with Crippen molar-refractivity contribution >= 4 is 39.1 Å². The Labute approximate surface area is 170 Å². The Bertz CT molecular complexity index is 946. The molecule has 0 saturated heterocycles. The van der Waals surface area contributed by atoms with Crippen LogP contribution in [0.4, 0.5) is 0 Å². The average Bonchev–Trinajstić information content (AvgIpc) is 2.60. The molecule has 146 valence electrons. The van der Waals surface area contributed by atoms with E-state index >= 15 is 0 Å². The maximum atomic E-state index is 12.5. The molecule has 8 heteroatoms. The van der Waals surface area contributed by atoms with E-state index in [9.17, 15) is 13.2 Å². The second kappa shape index (κ2) is 9.06. The fraction of sp³-hybridized carbons (Fsp3) is 0.316. The summed E-state index contributed by atoms with van der Waals surface area (Å²) in [5, 5.41) is 0.839. The Morgan fingerprint density at radius 1 is 1.15 bits per heavy atom. The van der Waals surface area contributed by atoms with E-state index in [1.165, 1.54) is 4.90 Å². The first-order valence-corrected chi connectivity index (χ1v) is 10.6. The van der Waals surface area contributed by atoms with Crippen LogP contribution in [0.3, 0.4) is 0 Å². The van der Waals surface area contributed by atoms with E-state index in [1.54, 1.807) is 44.3 Å². The summed E-state index contributed by atoms with van der Waals surface area (Å²) in [4.78, 5) is 14.0. The molecule has 27 heavy (non-hydrogen) atoms. The smallest absolute Gasteiger partial charge is 0.240 e. The molecule has 0 aliphatic heterocycles. The van der Waals surface area contributed by atoms with Crippen LogP contribution in [0.25, 0.3) is 0 Å². The number of sulfonamides is 1. The Kier molecular flexibility index (Phi) is 7.28. The highest BCUT2D eigenvalue weighted by Gasteiger charge is 2.18. The lowest BCUT2D eigenvalue weighted by Gasteiger charge is -2.18. The standard InChI is InChI=1S/C19H22Cl2N2O3S/c1-13-7-8-14(2)17(11-13)27(25,26)22-10-9-18(24)23(3)12-15-5-4-6-16(20)19(15)21/h4-8,11,22H,9-10,12H2,1-3H3. The number of amides is 1. The summed E-state index contributed by atoms with van der Waals surface area (Å²) < 4.78 is 27.4. The highest BCUT2D eigenvalue weighted by Crippen LogP contribution is 2.26. The lowest BCUT2D eigenvalue weighted by molar-refractivity contribution is -0.130. The van der Waals surface area contributed by atoms with Crippen molar-refractivity contribution in [2.24, 2.45) is 0 Å². The summed E-state index contributed by atoms with van der Waals surface area (Å²) >= 11 is 12.1. The van der Waals surface area contributed by atoms with Crippen LogP contribution >= 0.6 is 23.2 Å². The number of benzene rings is 2. The van der Waals surface area contributed by atoms with Gasteiger partial charge in [0.05, 0.1) is 14.9 Å². The summed E-state index contributed by atoms with van der Waals surface area (Å²) in [6.45, 7) is 3.88. The van der Waals surface area contributed by atoms with Crippen molar-refractivity contribution in [1.82, 2.24) is 9.62 Å². The van der Waals surface area contributed by atoms with E-state index < -0.39 is 10.0 Å².